The summed E-state index contributed by atoms with van der Waals surface area (Å²) in [6.07, 6.45) is 4.72. The van der Waals surface area contributed by atoms with Gasteiger partial charge in [-0.1, -0.05) is 17.7 Å². The minimum atomic E-state index is -0.424. The predicted octanol–water partition coefficient (Wildman–Crippen LogP) is 3.44. The molecular weight excluding hydrogens is 305 g/mol. The molecule has 1 aliphatic heterocycles. The van der Waals surface area contributed by atoms with Gasteiger partial charge in [0.15, 0.2) is 0 Å². The van der Waals surface area contributed by atoms with Crippen molar-refractivity contribution in [3.63, 3.8) is 0 Å². The zero-order valence-electron chi connectivity index (χ0n) is 12.6. The Morgan fingerprint density at radius 3 is 2.91 bits per heavy atom. The molecule has 120 valence electrons. The van der Waals surface area contributed by atoms with Gasteiger partial charge in [-0.15, -0.1) is 0 Å². The number of carbonyl (C=O) groups excluding carboxylic acids is 1. The van der Waals surface area contributed by atoms with Crippen LogP contribution >= 0.6 is 11.6 Å². The monoisotopic (exact) mass is 325 g/mol. The molecule has 3 rings (SSSR count). The van der Waals surface area contributed by atoms with E-state index < -0.39 is 5.82 Å². The Kier molecular flexibility index (Phi) is 4.99. The standard InChI is InChI=1S/C17H21ClFNO2/c18-15-9-12(3-5-16(15)19)4-6-17(21)20-8-7-14(10-20)22-11-13-1-2-13/h3,5,9,13-14H,1-2,4,6-8,10-11H2. The van der Waals surface area contributed by atoms with Gasteiger partial charge in [-0.25, -0.2) is 4.39 Å². The van der Waals surface area contributed by atoms with E-state index in [2.05, 4.69) is 0 Å². The number of rotatable bonds is 6. The van der Waals surface area contributed by atoms with Crippen molar-refractivity contribution in [2.24, 2.45) is 5.92 Å². The highest BCUT2D eigenvalue weighted by molar-refractivity contribution is 6.30. The third-order valence-electron chi connectivity index (χ3n) is 4.37. The Hall–Kier alpha value is -1.13. The van der Waals surface area contributed by atoms with Gasteiger partial charge in [-0.05, 0) is 49.3 Å². The van der Waals surface area contributed by atoms with Gasteiger partial charge in [0.1, 0.15) is 5.82 Å². The summed E-state index contributed by atoms with van der Waals surface area (Å²) >= 11 is 5.75. The Bertz CT molecular complexity index is 547. The van der Waals surface area contributed by atoms with Crippen LogP contribution in [0, 0.1) is 11.7 Å². The maximum Gasteiger partial charge on any atom is 0.222 e. The third-order valence-corrected chi connectivity index (χ3v) is 4.66. The summed E-state index contributed by atoms with van der Waals surface area (Å²) in [6.45, 7) is 2.33. The molecule has 3 nitrogen and oxygen atoms in total. The number of benzene rings is 1. The van der Waals surface area contributed by atoms with Crippen LogP contribution in [-0.2, 0) is 16.0 Å². The van der Waals surface area contributed by atoms with Crippen LogP contribution in [0.4, 0.5) is 4.39 Å². The SMILES string of the molecule is O=C(CCc1ccc(F)c(Cl)c1)N1CCC(OCC2CC2)C1. The molecule has 0 spiro atoms. The van der Waals surface area contributed by atoms with Crippen molar-refractivity contribution in [2.75, 3.05) is 19.7 Å². The van der Waals surface area contributed by atoms with Gasteiger partial charge >= 0.3 is 0 Å². The molecule has 2 fully saturated rings. The minimum absolute atomic E-state index is 0.111. The first kappa shape index (κ1) is 15.8. The van der Waals surface area contributed by atoms with Crippen LogP contribution in [0.25, 0.3) is 0 Å². The highest BCUT2D eigenvalue weighted by atomic mass is 35.5. The van der Waals surface area contributed by atoms with Crippen LogP contribution in [0.3, 0.4) is 0 Å². The van der Waals surface area contributed by atoms with Gasteiger partial charge in [0.05, 0.1) is 11.1 Å². The van der Waals surface area contributed by atoms with E-state index in [0.29, 0.717) is 19.4 Å². The minimum Gasteiger partial charge on any atom is -0.376 e. The average molecular weight is 326 g/mol. The van der Waals surface area contributed by atoms with E-state index >= 15 is 0 Å². The summed E-state index contributed by atoms with van der Waals surface area (Å²) in [5.74, 6) is 0.470. The maximum absolute atomic E-state index is 13.1. The second-order valence-electron chi connectivity index (χ2n) is 6.28. The van der Waals surface area contributed by atoms with Crippen LogP contribution in [0.15, 0.2) is 18.2 Å². The zero-order valence-corrected chi connectivity index (χ0v) is 13.3. The number of nitrogens with zero attached hydrogens (tertiary/aromatic N) is 1. The summed E-state index contributed by atoms with van der Waals surface area (Å²) < 4.78 is 18.9. The predicted molar refractivity (Wildman–Crippen MR) is 83.4 cm³/mol. The van der Waals surface area contributed by atoms with E-state index in [4.69, 9.17) is 16.3 Å². The van der Waals surface area contributed by atoms with E-state index in [9.17, 15) is 9.18 Å². The molecule has 1 aliphatic carbocycles. The van der Waals surface area contributed by atoms with Crippen molar-refractivity contribution in [3.05, 3.63) is 34.6 Å². The fourth-order valence-electron chi connectivity index (χ4n) is 2.75. The van der Waals surface area contributed by atoms with Crippen molar-refractivity contribution in [1.29, 1.82) is 0 Å². The first-order valence-electron chi connectivity index (χ1n) is 7.95. The highest BCUT2D eigenvalue weighted by Crippen LogP contribution is 2.30. The number of aryl methyl sites for hydroxylation is 1. The quantitative estimate of drug-likeness (QED) is 0.802. The van der Waals surface area contributed by atoms with Crippen molar-refractivity contribution in [3.8, 4) is 0 Å². The van der Waals surface area contributed by atoms with Gasteiger partial charge in [-0.3, -0.25) is 4.79 Å². The molecule has 5 heteroatoms. The lowest BCUT2D eigenvalue weighted by Crippen LogP contribution is -2.30. The Morgan fingerprint density at radius 1 is 1.36 bits per heavy atom. The first-order valence-corrected chi connectivity index (χ1v) is 8.33. The van der Waals surface area contributed by atoms with E-state index in [0.717, 1.165) is 31.1 Å². The van der Waals surface area contributed by atoms with E-state index in [1.165, 1.54) is 18.9 Å². The molecule has 0 N–H and O–H groups in total. The molecule has 0 bridgehead atoms. The Morgan fingerprint density at radius 2 is 2.18 bits per heavy atom. The molecule has 1 saturated heterocycles. The van der Waals surface area contributed by atoms with Gasteiger partial charge in [0, 0.05) is 26.1 Å². The molecule has 1 atom stereocenters. The molecule has 1 amide bonds. The van der Waals surface area contributed by atoms with E-state index in [1.54, 1.807) is 12.1 Å². The smallest absolute Gasteiger partial charge is 0.222 e. The normalized spacial score (nSPS) is 21.4. The van der Waals surface area contributed by atoms with Crippen LogP contribution in [0.1, 0.15) is 31.2 Å². The van der Waals surface area contributed by atoms with E-state index in [1.807, 2.05) is 4.90 Å². The lowest BCUT2D eigenvalue weighted by atomic mass is 10.1. The molecule has 2 aliphatic rings. The van der Waals surface area contributed by atoms with Crippen molar-refractivity contribution >= 4 is 17.5 Å². The fraction of sp³-hybridized carbons (Fsp3) is 0.588. The Labute approximate surface area is 135 Å². The van der Waals surface area contributed by atoms with Gasteiger partial charge < -0.3 is 9.64 Å². The molecule has 1 unspecified atom stereocenters. The zero-order chi connectivity index (χ0) is 15.5. The number of ether oxygens (including phenoxy) is 1. The number of halogens is 2. The number of carbonyl (C=O) groups is 1. The largest absolute Gasteiger partial charge is 0.376 e. The summed E-state index contributed by atoms with van der Waals surface area (Å²) in [5, 5.41) is 0.111. The molecular formula is C17H21ClFNO2. The molecule has 22 heavy (non-hydrogen) atoms. The number of likely N-dealkylation sites (tertiary alicyclic amines) is 1. The Balaban J connectivity index is 1.42. The highest BCUT2D eigenvalue weighted by Gasteiger charge is 2.29. The lowest BCUT2D eigenvalue weighted by Gasteiger charge is -2.17. The summed E-state index contributed by atoms with van der Waals surface area (Å²) in [5.41, 5.74) is 0.889. The van der Waals surface area contributed by atoms with Crippen molar-refractivity contribution < 1.29 is 13.9 Å². The summed E-state index contributed by atoms with van der Waals surface area (Å²) in [6, 6.07) is 4.62. The molecule has 1 heterocycles. The average Bonchev–Trinajstić information content (AvgIpc) is 3.22. The maximum atomic E-state index is 13.1. The van der Waals surface area contributed by atoms with Gasteiger partial charge in [0.2, 0.25) is 5.91 Å². The lowest BCUT2D eigenvalue weighted by molar-refractivity contribution is -0.130. The van der Waals surface area contributed by atoms with Gasteiger partial charge in [0.25, 0.3) is 0 Å². The van der Waals surface area contributed by atoms with Gasteiger partial charge in [-0.2, -0.15) is 0 Å². The summed E-state index contributed by atoms with van der Waals surface area (Å²) in [7, 11) is 0. The van der Waals surface area contributed by atoms with Crippen LogP contribution < -0.4 is 0 Å². The molecule has 1 aromatic rings. The van der Waals surface area contributed by atoms with Crippen LogP contribution in [-0.4, -0.2) is 36.6 Å². The fourth-order valence-corrected chi connectivity index (χ4v) is 2.96. The molecule has 0 radical (unpaired) electrons. The molecule has 1 aromatic carbocycles. The van der Waals surface area contributed by atoms with Crippen molar-refractivity contribution in [1.82, 2.24) is 4.90 Å². The topological polar surface area (TPSA) is 29.5 Å². The second kappa shape index (κ2) is 6.97. The third kappa shape index (κ3) is 4.20. The molecule has 0 aromatic heterocycles. The second-order valence-corrected chi connectivity index (χ2v) is 6.68. The number of hydrogen-bond acceptors (Lipinski definition) is 2. The van der Waals surface area contributed by atoms with Crippen LogP contribution in [0.2, 0.25) is 5.02 Å². The number of amides is 1. The van der Waals surface area contributed by atoms with Crippen molar-refractivity contribution in [2.45, 2.75) is 38.2 Å². The van der Waals surface area contributed by atoms with Crippen LogP contribution in [0.5, 0.6) is 0 Å². The first-order chi connectivity index (χ1) is 10.6. The number of hydrogen-bond donors (Lipinski definition) is 0. The molecule has 1 saturated carbocycles. The van der Waals surface area contributed by atoms with E-state index in [-0.39, 0.29) is 17.0 Å². The summed E-state index contributed by atoms with van der Waals surface area (Å²) in [4.78, 5) is 14.1.